The first-order valence-corrected chi connectivity index (χ1v) is 9.37. The molecule has 1 aromatic heterocycles. The van der Waals surface area contributed by atoms with Gasteiger partial charge in [0.25, 0.3) is 0 Å². The lowest BCUT2D eigenvalue weighted by atomic mass is 10.1. The van der Waals surface area contributed by atoms with Gasteiger partial charge in [-0.3, -0.25) is 0 Å². The molecule has 0 unspecified atom stereocenters. The Balaban J connectivity index is 1.47. The van der Waals surface area contributed by atoms with Gasteiger partial charge in [0, 0.05) is 45.0 Å². The minimum Gasteiger partial charge on any atom is -0.468 e. The molecule has 164 valence electrons. The highest BCUT2D eigenvalue weighted by Crippen LogP contribution is 2.23. The Hall–Kier alpha value is -3.55. The lowest BCUT2D eigenvalue weighted by Gasteiger charge is -2.36. The van der Waals surface area contributed by atoms with E-state index in [2.05, 4.69) is 15.0 Å². The van der Waals surface area contributed by atoms with Crippen molar-refractivity contribution in [1.29, 1.82) is 5.26 Å². The van der Waals surface area contributed by atoms with Crippen molar-refractivity contribution in [1.82, 2.24) is 15.2 Å². The fraction of sp³-hybridized carbons (Fsp3) is 0.350. The van der Waals surface area contributed by atoms with E-state index >= 15 is 0 Å². The number of ether oxygens (including phenoxy) is 1. The minimum absolute atomic E-state index is 0.0180. The summed E-state index contributed by atoms with van der Waals surface area (Å²) < 4.78 is 54.8. The van der Waals surface area contributed by atoms with Gasteiger partial charge in [-0.25, -0.2) is 14.2 Å². The highest BCUT2D eigenvalue weighted by molar-refractivity contribution is 5.74. The normalized spacial score (nSPS) is 14.2. The summed E-state index contributed by atoms with van der Waals surface area (Å²) in [7, 11) is 0. The Morgan fingerprint density at radius 2 is 1.94 bits per heavy atom. The number of carbonyl (C=O) groups excluding carboxylic acids is 1. The average Bonchev–Trinajstić information content (AvgIpc) is 2.76. The molecule has 11 heteroatoms. The molecular formula is C20H19F4N5O2. The van der Waals surface area contributed by atoms with Gasteiger partial charge in [0.15, 0.2) is 6.61 Å². The number of pyridine rings is 1. The molecule has 0 radical (unpaired) electrons. The summed E-state index contributed by atoms with van der Waals surface area (Å²) in [4.78, 5) is 19.6. The first-order chi connectivity index (χ1) is 14.8. The average molecular weight is 437 g/mol. The molecule has 7 nitrogen and oxygen atoms in total. The number of hydrogen-bond acceptors (Lipinski definition) is 5. The zero-order chi connectivity index (χ0) is 22.4. The van der Waals surface area contributed by atoms with Crippen molar-refractivity contribution in [2.45, 2.75) is 12.7 Å². The molecule has 2 heterocycles. The summed E-state index contributed by atoms with van der Waals surface area (Å²) in [6.45, 7) is 0.379. The number of piperazine rings is 1. The van der Waals surface area contributed by atoms with Crippen LogP contribution in [0.1, 0.15) is 11.1 Å². The molecule has 0 atom stereocenters. The molecule has 1 aliphatic heterocycles. The highest BCUT2D eigenvalue weighted by atomic mass is 19.4. The molecule has 0 saturated carbocycles. The molecule has 0 bridgehead atoms. The maximum Gasteiger partial charge on any atom is 0.422 e. The third-order valence-electron chi connectivity index (χ3n) is 4.64. The number of nitrogens with one attached hydrogen (secondary N) is 1. The summed E-state index contributed by atoms with van der Waals surface area (Å²) in [5, 5.41) is 11.9. The van der Waals surface area contributed by atoms with Crippen LogP contribution in [-0.2, 0) is 6.54 Å². The van der Waals surface area contributed by atoms with Gasteiger partial charge in [0.05, 0.1) is 5.69 Å². The van der Waals surface area contributed by atoms with Crippen molar-refractivity contribution in [3.63, 3.8) is 0 Å². The van der Waals surface area contributed by atoms with Crippen LogP contribution in [0.2, 0.25) is 0 Å². The van der Waals surface area contributed by atoms with Gasteiger partial charge in [0.1, 0.15) is 17.4 Å². The summed E-state index contributed by atoms with van der Waals surface area (Å²) in [5.74, 6) is -0.735. The van der Waals surface area contributed by atoms with Crippen LogP contribution in [0.3, 0.4) is 0 Å². The zero-order valence-corrected chi connectivity index (χ0v) is 16.3. The third-order valence-corrected chi connectivity index (χ3v) is 4.64. The zero-order valence-electron chi connectivity index (χ0n) is 16.3. The Morgan fingerprint density at radius 3 is 2.55 bits per heavy atom. The number of hydrogen-bond donors (Lipinski definition) is 1. The van der Waals surface area contributed by atoms with Crippen LogP contribution in [0.15, 0.2) is 36.5 Å². The number of carbonyl (C=O) groups is 1. The molecule has 2 aromatic rings. The van der Waals surface area contributed by atoms with Crippen molar-refractivity contribution in [2.24, 2.45) is 0 Å². The summed E-state index contributed by atoms with van der Waals surface area (Å²) in [6, 6.07) is 8.83. The second kappa shape index (κ2) is 9.51. The molecule has 1 N–H and O–H groups in total. The standard InChI is InChI=1S/C20H19F4N5O2/c21-16-2-1-3-17(15(16)10-25)28-6-8-29(9-7-28)19(30)27-12-14-4-5-18(26-11-14)31-13-20(22,23)24/h1-5,11H,6-9,12-13H2,(H,27,30). The second-order valence-corrected chi connectivity index (χ2v) is 6.79. The van der Waals surface area contributed by atoms with Crippen LogP contribution in [0, 0.1) is 17.1 Å². The quantitative estimate of drug-likeness (QED) is 0.728. The topological polar surface area (TPSA) is 81.5 Å². The monoisotopic (exact) mass is 437 g/mol. The molecule has 1 saturated heterocycles. The Labute approximate surface area is 175 Å². The van der Waals surface area contributed by atoms with E-state index in [1.165, 1.54) is 30.5 Å². The predicted octanol–water partition coefficient (Wildman–Crippen LogP) is 3.07. The van der Waals surface area contributed by atoms with Crippen LogP contribution in [0.5, 0.6) is 5.88 Å². The predicted molar refractivity (Wildman–Crippen MR) is 103 cm³/mol. The molecular weight excluding hydrogens is 418 g/mol. The first-order valence-electron chi connectivity index (χ1n) is 9.37. The number of nitriles is 1. The number of benzene rings is 1. The lowest BCUT2D eigenvalue weighted by Crippen LogP contribution is -2.51. The SMILES string of the molecule is N#Cc1c(F)cccc1N1CCN(C(=O)NCc2ccc(OCC(F)(F)F)nc2)CC1. The van der Waals surface area contributed by atoms with Crippen molar-refractivity contribution in [2.75, 3.05) is 37.7 Å². The number of alkyl halides is 3. The number of nitrogens with zero attached hydrogens (tertiary/aromatic N) is 4. The number of amides is 2. The summed E-state index contributed by atoms with van der Waals surface area (Å²) in [6.07, 6.45) is -3.11. The van der Waals surface area contributed by atoms with Gasteiger partial charge < -0.3 is 19.9 Å². The van der Waals surface area contributed by atoms with Gasteiger partial charge in [-0.2, -0.15) is 18.4 Å². The maximum atomic E-state index is 13.8. The number of aromatic nitrogens is 1. The molecule has 1 aromatic carbocycles. The largest absolute Gasteiger partial charge is 0.468 e. The molecule has 1 fully saturated rings. The van der Waals surface area contributed by atoms with Gasteiger partial charge in [-0.15, -0.1) is 0 Å². The van der Waals surface area contributed by atoms with E-state index in [0.717, 1.165) is 0 Å². The van der Waals surface area contributed by atoms with Gasteiger partial charge in [-0.1, -0.05) is 12.1 Å². The Bertz CT molecular complexity index is 952. The molecule has 0 spiro atoms. The second-order valence-electron chi connectivity index (χ2n) is 6.79. The first kappa shape index (κ1) is 22.1. The molecule has 3 rings (SSSR count). The molecule has 0 aliphatic carbocycles. The fourth-order valence-electron chi connectivity index (χ4n) is 3.08. The van der Waals surface area contributed by atoms with E-state index in [-0.39, 0.29) is 24.0 Å². The van der Waals surface area contributed by atoms with E-state index < -0.39 is 18.6 Å². The van der Waals surface area contributed by atoms with Crippen molar-refractivity contribution < 1.29 is 27.1 Å². The number of urea groups is 1. The van der Waals surface area contributed by atoms with Gasteiger partial charge >= 0.3 is 12.2 Å². The van der Waals surface area contributed by atoms with E-state index in [1.54, 1.807) is 11.0 Å². The fourth-order valence-corrected chi connectivity index (χ4v) is 3.08. The third kappa shape index (κ3) is 5.97. The summed E-state index contributed by atoms with van der Waals surface area (Å²) in [5.41, 5.74) is 1.08. The smallest absolute Gasteiger partial charge is 0.422 e. The van der Waals surface area contributed by atoms with Gasteiger partial charge in [0.2, 0.25) is 5.88 Å². The van der Waals surface area contributed by atoms with Crippen LogP contribution in [-0.4, -0.2) is 54.9 Å². The number of rotatable bonds is 5. The Kier molecular flexibility index (Phi) is 6.79. The van der Waals surface area contributed by atoms with E-state index in [9.17, 15) is 27.6 Å². The minimum atomic E-state index is -4.44. The number of halogens is 4. The highest BCUT2D eigenvalue weighted by Gasteiger charge is 2.28. The summed E-state index contributed by atoms with van der Waals surface area (Å²) >= 11 is 0. The number of anilines is 1. The Morgan fingerprint density at radius 1 is 1.19 bits per heavy atom. The van der Waals surface area contributed by atoms with Crippen LogP contribution in [0.25, 0.3) is 0 Å². The van der Waals surface area contributed by atoms with Crippen molar-refractivity contribution in [3.8, 4) is 11.9 Å². The van der Waals surface area contributed by atoms with Gasteiger partial charge in [-0.05, 0) is 17.7 Å². The van der Waals surface area contributed by atoms with E-state index in [4.69, 9.17) is 0 Å². The molecule has 31 heavy (non-hydrogen) atoms. The van der Waals surface area contributed by atoms with Crippen LogP contribution in [0.4, 0.5) is 28.0 Å². The van der Waals surface area contributed by atoms with E-state index in [0.29, 0.717) is 37.4 Å². The van der Waals surface area contributed by atoms with E-state index in [1.807, 2.05) is 11.0 Å². The lowest BCUT2D eigenvalue weighted by molar-refractivity contribution is -0.154. The molecule has 1 aliphatic rings. The van der Waals surface area contributed by atoms with Crippen LogP contribution < -0.4 is 15.0 Å². The van der Waals surface area contributed by atoms with Crippen molar-refractivity contribution >= 4 is 11.7 Å². The van der Waals surface area contributed by atoms with Crippen molar-refractivity contribution in [3.05, 3.63) is 53.5 Å². The maximum absolute atomic E-state index is 13.8. The van der Waals surface area contributed by atoms with Crippen LogP contribution >= 0.6 is 0 Å². The molecule has 2 amide bonds.